The molecule has 5 heteroatoms. The minimum Gasteiger partial charge on any atom is -0.199 e. The van der Waals surface area contributed by atoms with E-state index in [2.05, 4.69) is 48.1 Å². The van der Waals surface area contributed by atoms with Crippen LogP contribution in [0.5, 0.6) is 0 Å². The Bertz CT molecular complexity index is 208. The molecule has 1 rings (SSSR count). The topological polar surface area (TPSA) is 48.7 Å². The molecule has 1 aromatic heterocycles. The van der Waals surface area contributed by atoms with Gasteiger partial charge in [0.25, 0.3) is 6.33 Å². The highest BCUT2D eigenvalue weighted by Gasteiger charge is 2.19. The Morgan fingerprint density at radius 3 is 2.17 bits per heavy atom. The Labute approximate surface area is 72.3 Å². The Hall–Kier alpha value is -1.13. The molecule has 0 aliphatic carbocycles. The van der Waals surface area contributed by atoms with Crippen LogP contribution in [-0.2, 0) is 0 Å². The summed E-state index contributed by atoms with van der Waals surface area (Å²) in [5.74, 6) is 0. The van der Waals surface area contributed by atoms with Crippen LogP contribution in [-0.4, -0.2) is 27.5 Å². The van der Waals surface area contributed by atoms with Crippen molar-refractivity contribution in [1.82, 2.24) is 15.4 Å². The average Bonchev–Trinajstić information content (AvgIpc) is 2.37. The molecule has 0 bridgehead atoms. The number of tetrazole rings is 1. The Kier molecular flexibility index (Phi) is 2.62. The summed E-state index contributed by atoms with van der Waals surface area (Å²) in [5, 5.41) is 12.7. The standard InChI is InChI=1S/C7H15N5/c1-6(2)11(7(3)4)12-9-5-8-10-12/h5-7H,1-4H3/p+1. The van der Waals surface area contributed by atoms with E-state index in [1.165, 1.54) is 6.33 Å². The first-order valence-electron chi connectivity index (χ1n) is 4.19. The number of aromatic nitrogens is 4. The molecule has 0 fully saturated rings. The first kappa shape index (κ1) is 8.96. The minimum atomic E-state index is 0.406. The monoisotopic (exact) mass is 170 g/mol. The number of H-pyrrole nitrogens is 1. The second kappa shape index (κ2) is 3.51. The first-order valence-corrected chi connectivity index (χ1v) is 4.19. The quantitative estimate of drug-likeness (QED) is 0.642. The van der Waals surface area contributed by atoms with Crippen LogP contribution in [0.15, 0.2) is 6.33 Å². The van der Waals surface area contributed by atoms with Gasteiger partial charge in [-0.25, -0.2) is 0 Å². The van der Waals surface area contributed by atoms with E-state index in [0.29, 0.717) is 12.1 Å². The van der Waals surface area contributed by atoms with Crippen LogP contribution < -0.4 is 9.91 Å². The van der Waals surface area contributed by atoms with E-state index in [-0.39, 0.29) is 0 Å². The van der Waals surface area contributed by atoms with E-state index in [9.17, 15) is 0 Å². The summed E-state index contributed by atoms with van der Waals surface area (Å²) >= 11 is 0. The van der Waals surface area contributed by atoms with Gasteiger partial charge in [0, 0.05) is 5.10 Å². The summed E-state index contributed by atoms with van der Waals surface area (Å²) in [7, 11) is 0. The van der Waals surface area contributed by atoms with E-state index in [0.717, 1.165) is 0 Å². The molecule has 0 aromatic carbocycles. The van der Waals surface area contributed by atoms with Gasteiger partial charge >= 0.3 is 0 Å². The molecule has 1 heterocycles. The molecular formula is C7H16N5+. The first-order chi connectivity index (χ1) is 5.63. The van der Waals surface area contributed by atoms with Crippen LogP contribution >= 0.6 is 0 Å². The lowest BCUT2D eigenvalue weighted by Gasteiger charge is -2.24. The van der Waals surface area contributed by atoms with Gasteiger partial charge in [-0.2, -0.15) is 5.01 Å². The van der Waals surface area contributed by atoms with Crippen molar-refractivity contribution in [2.75, 3.05) is 5.01 Å². The molecule has 0 radical (unpaired) electrons. The fraction of sp³-hybridized carbons (Fsp3) is 0.857. The van der Waals surface area contributed by atoms with Crippen LogP contribution in [0.1, 0.15) is 27.7 Å². The van der Waals surface area contributed by atoms with Gasteiger partial charge in [-0.1, -0.05) is 0 Å². The van der Waals surface area contributed by atoms with Crippen LogP contribution in [0.25, 0.3) is 0 Å². The fourth-order valence-corrected chi connectivity index (χ4v) is 1.32. The lowest BCUT2D eigenvalue weighted by atomic mass is 10.3. The van der Waals surface area contributed by atoms with Gasteiger partial charge < -0.3 is 0 Å². The fourth-order valence-electron chi connectivity index (χ4n) is 1.32. The highest BCUT2D eigenvalue weighted by Crippen LogP contribution is 1.94. The lowest BCUT2D eigenvalue weighted by molar-refractivity contribution is -0.806. The van der Waals surface area contributed by atoms with E-state index in [4.69, 9.17) is 0 Å². The molecule has 0 atom stereocenters. The Morgan fingerprint density at radius 2 is 1.83 bits per heavy atom. The van der Waals surface area contributed by atoms with Crippen LogP contribution in [0.2, 0.25) is 0 Å². The van der Waals surface area contributed by atoms with Crippen molar-refractivity contribution in [3.63, 3.8) is 0 Å². The SMILES string of the molecule is CC(C)N(C(C)C)[n+]1ncn[nH]1. The van der Waals surface area contributed by atoms with Gasteiger partial charge in [-0.05, 0) is 32.9 Å². The van der Waals surface area contributed by atoms with Crippen molar-refractivity contribution in [3.05, 3.63) is 6.33 Å². The smallest absolute Gasteiger partial charge is 0.199 e. The zero-order valence-corrected chi connectivity index (χ0v) is 8.02. The van der Waals surface area contributed by atoms with Crippen molar-refractivity contribution in [3.8, 4) is 0 Å². The molecule has 1 aromatic rings. The third kappa shape index (κ3) is 1.72. The highest BCUT2D eigenvalue weighted by molar-refractivity contribution is 4.78. The predicted molar refractivity (Wildman–Crippen MR) is 45.1 cm³/mol. The maximum atomic E-state index is 4.04. The van der Waals surface area contributed by atoms with E-state index in [1.807, 2.05) is 0 Å². The van der Waals surface area contributed by atoms with Crippen molar-refractivity contribution in [2.24, 2.45) is 0 Å². The summed E-state index contributed by atoms with van der Waals surface area (Å²) in [6, 6.07) is 0.811. The molecule has 0 amide bonds. The van der Waals surface area contributed by atoms with E-state index >= 15 is 0 Å². The number of hydrogen-bond donors (Lipinski definition) is 1. The molecule has 0 aliphatic rings. The normalized spacial score (nSPS) is 11.2. The molecule has 0 spiro atoms. The highest BCUT2D eigenvalue weighted by atomic mass is 15.8. The maximum absolute atomic E-state index is 4.04. The maximum Gasteiger partial charge on any atom is 0.299 e. The molecule has 5 nitrogen and oxygen atoms in total. The Balaban J connectivity index is 2.81. The Morgan fingerprint density at radius 1 is 1.25 bits per heavy atom. The van der Waals surface area contributed by atoms with Crippen molar-refractivity contribution in [1.29, 1.82) is 0 Å². The molecule has 68 valence electrons. The van der Waals surface area contributed by atoms with Gasteiger partial charge in [0.2, 0.25) is 0 Å². The van der Waals surface area contributed by atoms with Crippen LogP contribution in [0, 0.1) is 0 Å². The number of hydrogen-bond acceptors (Lipinski definition) is 3. The van der Waals surface area contributed by atoms with Crippen LogP contribution in [0.3, 0.4) is 0 Å². The van der Waals surface area contributed by atoms with Gasteiger partial charge in [-0.3, -0.25) is 0 Å². The van der Waals surface area contributed by atoms with Gasteiger partial charge in [0.05, 0.1) is 22.1 Å². The van der Waals surface area contributed by atoms with Gasteiger partial charge in [0.15, 0.2) is 0 Å². The third-order valence-corrected chi connectivity index (χ3v) is 1.64. The van der Waals surface area contributed by atoms with Gasteiger partial charge in [-0.15, -0.1) is 0 Å². The zero-order chi connectivity index (χ0) is 9.14. The number of nitrogens with one attached hydrogen (secondary N) is 1. The van der Waals surface area contributed by atoms with Crippen molar-refractivity contribution < 1.29 is 4.91 Å². The summed E-state index contributed by atoms with van der Waals surface area (Å²) < 4.78 is 0. The van der Waals surface area contributed by atoms with E-state index in [1.54, 1.807) is 4.91 Å². The molecule has 0 saturated carbocycles. The largest absolute Gasteiger partial charge is 0.299 e. The minimum absolute atomic E-state index is 0.406. The molecule has 12 heavy (non-hydrogen) atoms. The lowest BCUT2D eigenvalue weighted by Crippen LogP contribution is -2.67. The number of aromatic amines is 1. The van der Waals surface area contributed by atoms with E-state index < -0.39 is 0 Å². The van der Waals surface area contributed by atoms with Crippen molar-refractivity contribution >= 4 is 0 Å². The molecule has 1 N–H and O–H groups in total. The predicted octanol–water partition coefficient (Wildman–Crippen LogP) is -0.153. The molecule has 0 unspecified atom stereocenters. The summed E-state index contributed by atoms with van der Waals surface area (Å²) in [4.78, 5) is 1.66. The average molecular weight is 170 g/mol. The van der Waals surface area contributed by atoms with Gasteiger partial charge in [0.1, 0.15) is 0 Å². The number of rotatable bonds is 3. The molecule has 0 aliphatic heterocycles. The summed E-state index contributed by atoms with van der Waals surface area (Å²) in [6.07, 6.45) is 1.50. The summed E-state index contributed by atoms with van der Waals surface area (Å²) in [5.41, 5.74) is 0. The second-order valence-electron chi connectivity index (χ2n) is 3.32. The summed E-state index contributed by atoms with van der Waals surface area (Å²) in [6.45, 7) is 8.48. The van der Waals surface area contributed by atoms with Crippen LogP contribution in [0.4, 0.5) is 0 Å². The van der Waals surface area contributed by atoms with Crippen molar-refractivity contribution in [2.45, 2.75) is 39.8 Å². The second-order valence-corrected chi connectivity index (χ2v) is 3.32. The molecule has 0 saturated heterocycles. The molecular weight excluding hydrogens is 154 g/mol. The number of nitrogens with zero attached hydrogens (tertiary/aromatic N) is 4. The zero-order valence-electron chi connectivity index (χ0n) is 8.02. The third-order valence-electron chi connectivity index (χ3n) is 1.64.